The van der Waals surface area contributed by atoms with E-state index in [4.69, 9.17) is 0 Å². The van der Waals surface area contributed by atoms with Gasteiger partial charge in [0.25, 0.3) is 0 Å². The molecule has 0 fully saturated rings. The molecule has 0 aliphatic heterocycles. The Balaban J connectivity index is -0.0000000600. The van der Waals surface area contributed by atoms with Crippen molar-refractivity contribution >= 4 is 16.5 Å². The van der Waals surface area contributed by atoms with Crippen molar-refractivity contribution in [1.82, 2.24) is 0 Å². The van der Waals surface area contributed by atoms with Crippen LogP contribution in [0.15, 0.2) is 0 Å². The largest absolute Gasteiger partial charge is 1.00 e. The van der Waals surface area contributed by atoms with Gasteiger partial charge in [0.2, 0.25) is 0 Å². The zero-order chi connectivity index (χ0) is 5.86. The predicted octanol–water partition coefficient (Wildman–Crippen LogP) is -7.78. The van der Waals surface area contributed by atoms with Crippen LogP contribution < -0.4 is 68.9 Å². The van der Waals surface area contributed by atoms with Crippen LogP contribution in [0.2, 0.25) is 0 Å². The summed E-state index contributed by atoms with van der Waals surface area (Å²) in [4.78, 5) is 18.5. The van der Waals surface area contributed by atoms with Crippen molar-refractivity contribution in [3.05, 3.63) is 0 Å². The van der Waals surface area contributed by atoms with Crippen molar-refractivity contribution in [2.75, 3.05) is 0 Å². The summed E-state index contributed by atoms with van der Waals surface area (Å²) in [6.45, 7) is 0. The fourth-order valence-electron chi connectivity index (χ4n) is 0.0544. The standard InChI is InChI=1S/2Na.O5P2.H2O/c;;1-6(2)5-7(3)4;/h;;;1H2/q2*+1;;. The van der Waals surface area contributed by atoms with Gasteiger partial charge in [-0.25, -0.2) is 0 Å². The molecular formula is H2Na2O6P2+2. The Morgan fingerprint density at radius 3 is 1.20 bits per heavy atom. The van der Waals surface area contributed by atoms with E-state index >= 15 is 0 Å². The van der Waals surface area contributed by atoms with Gasteiger partial charge in [0.15, 0.2) is 0 Å². The van der Waals surface area contributed by atoms with E-state index in [2.05, 4.69) is 4.31 Å². The summed E-state index contributed by atoms with van der Waals surface area (Å²) in [5.41, 5.74) is 0. The van der Waals surface area contributed by atoms with Crippen LogP contribution in [0.3, 0.4) is 0 Å². The van der Waals surface area contributed by atoms with Gasteiger partial charge in [-0.1, -0.05) is 0 Å². The summed E-state index contributed by atoms with van der Waals surface area (Å²) >= 11 is 0. The van der Waals surface area contributed by atoms with E-state index in [9.17, 15) is 18.9 Å². The molecule has 2 unspecified atom stereocenters. The Kier molecular flexibility index (Phi) is 30.9. The first kappa shape index (κ1) is 22.7. The van der Waals surface area contributed by atoms with Crippen molar-refractivity contribution in [1.29, 1.82) is 0 Å². The number of hydrogen-bond donors (Lipinski definition) is 0. The van der Waals surface area contributed by atoms with Crippen LogP contribution >= 0.6 is 16.5 Å². The van der Waals surface area contributed by atoms with E-state index in [1.807, 2.05) is 0 Å². The molecule has 0 heterocycles. The van der Waals surface area contributed by atoms with Gasteiger partial charge < -0.3 is 15.3 Å². The Morgan fingerprint density at radius 1 is 1.00 bits per heavy atom. The van der Waals surface area contributed by atoms with Crippen LogP contribution in [0.1, 0.15) is 0 Å². The van der Waals surface area contributed by atoms with Crippen molar-refractivity contribution in [2.24, 2.45) is 0 Å². The van der Waals surface area contributed by atoms with Gasteiger partial charge in [0.1, 0.15) is 4.31 Å². The van der Waals surface area contributed by atoms with Crippen molar-refractivity contribution in [3.63, 3.8) is 0 Å². The van der Waals surface area contributed by atoms with Gasteiger partial charge in [-0.15, -0.1) is 0 Å². The maximum Gasteiger partial charge on any atom is 1.00 e. The monoisotopic (exact) mass is 206 g/mol. The maximum absolute atomic E-state index is 9.24. The van der Waals surface area contributed by atoms with Gasteiger partial charge in [0.05, 0.1) is 0 Å². The van der Waals surface area contributed by atoms with Crippen LogP contribution in [0.5, 0.6) is 0 Å². The zero-order valence-electron chi connectivity index (χ0n) is 5.44. The van der Waals surface area contributed by atoms with Crippen molar-refractivity contribution in [2.45, 2.75) is 0 Å². The smallest absolute Gasteiger partial charge is 0.563 e. The molecule has 2 atom stereocenters. The van der Waals surface area contributed by atoms with Crippen LogP contribution in [0.4, 0.5) is 0 Å². The molecule has 0 saturated heterocycles. The van der Waals surface area contributed by atoms with Gasteiger partial charge in [-0.2, -0.15) is 0 Å². The molecule has 0 spiro atoms. The number of rotatable bonds is 2. The Morgan fingerprint density at radius 2 is 1.20 bits per heavy atom. The zero-order valence-corrected chi connectivity index (χ0v) is 11.2. The van der Waals surface area contributed by atoms with Gasteiger partial charge in [-0.3, -0.25) is 0 Å². The molecule has 0 aromatic carbocycles. The third-order valence-corrected chi connectivity index (χ3v) is 1.20. The molecular weight excluding hydrogens is 204 g/mol. The Labute approximate surface area is 103 Å². The molecule has 10 heavy (non-hydrogen) atoms. The molecule has 0 aliphatic carbocycles. The molecule has 0 aromatic heterocycles. The van der Waals surface area contributed by atoms with E-state index in [1.165, 1.54) is 0 Å². The van der Waals surface area contributed by atoms with E-state index in [-0.39, 0.29) is 64.6 Å². The second-order valence-corrected chi connectivity index (χ2v) is 2.08. The fraction of sp³-hybridized carbons (Fsp3) is 0. The van der Waals surface area contributed by atoms with Crippen molar-refractivity contribution < 1.29 is 87.8 Å². The van der Waals surface area contributed by atoms with Crippen LogP contribution in [-0.2, 0) is 13.4 Å². The van der Waals surface area contributed by atoms with E-state index in [1.54, 1.807) is 0 Å². The van der Waals surface area contributed by atoms with Gasteiger partial charge >= 0.3 is 75.6 Å². The molecule has 6 nitrogen and oxygen atoms in total. The SMILES string of the molecule is O.O=[P+]([O-])O[P+](=O)[O-].[Na+].[Na+]. The molecule has 0 aromatic rings. The molecule has 2 N–H and O–H groups in total. The van der Waals surface area contributed by atoms with E-state index in [0.29, 0.717) is 0 Å². The van der Waals surface area contributed by atoms with Gasteiger partial charge in [0, 0.05) is 0 Å². The second-order valence-electron chi connectivity index (χ2n) is 0.529. The molecule has 0 amide bonds. The fourth-order valence-corrected chi connectivity index (χ4v) is 0.490. The normalized spacial score (nSPS) is 9.40. The number of hydrogen-bond acceptors (Lipinski definition) is 5. The molecule has 0 rings (SSSR count). The van der Waals surface area contributed by atoms with Crippen molar-refractivity contribution in [3.8, 4) is 0 Å². The first-order chi connectivity index (χ1) is 3.13. The quantitative estimate of drug-likeness (QED) is 0.328. The molecule has 0 radical (unpaired) electrons. The minimum atomic E-state index is -3.24. The first-order valence-corrected chi connectivity index (χ1v) is 3.29. The van der Waals surface area contributed by atoms with Crippen LogP contribution in [0.25, 0.3) is 0 Å². The predicted molar refractivity (Wildman–Crippen MR) is 19.9 cm³/mol. The third kappa shape index (κ3) is 22.5. The van der Waals surface area contributed by atoms with E-state index in [0.717, 1.165) is 0 Å². The minimum Gasteiger partial charge on any atom is -0.563 e. The minimum absolute atomic E-state index is 0. The Bertz CT molecular complexity index is 89.9. The van der Waals surface area contributed by atoms with E-state index < -0.39 is 16.5 Å². The summed E-state index contributed by atoms with van der Waals surface area (Å²) < 4.78 is 21.6. The summed E-state index contributed by atoms with van der Waals surface area (Å²) in [6.07, 6.45) is 0. The summed E-state index contributed by atoms with van der Waals surface area (Å²) in [5.74, 6) is 0. The molecule has 48 valence electrons. The van der Waals surface area contributed by atoms with Crippen LogP contribution in [0, 0.1) is 0 Å². The summed E-state index contributed by atoms with van der Waals surface area (Å²) in [6, 6.07) is 0. The molecule has 10 heteroatoms. The summed E-state index contributed by atoms with van der Waals surface area (Å²) in [5, 5.41) is 0. The Hall–Kier alpha value is 2.04. The van der Waals surface area contributed by atoms with Crippen LogP contribution in [-0.4, -0.2) is 5.48 Å². The topological polar surface area (TPSA) is 121 Å². The third-order valence-electron chi connectivity index (χ3n) is 0.133. The van der Waals surface area contributed by atoms with Gasteiger partial charge in [-0.05, 0) is 9.13 Å². The summed E-state index contributed by atoms with van der Waals surface area (Å²) in [7, 11) is -6.47. The molecule has 0 bridgehead atoms. The average molecular weight is 206 g/mol. The second kappa shape index (κ2) is 13.6. The average Bonchev–Trinajstić information content (AvgIpc) is 1.27. The molecule has 0 saturated carbocycles. The first-order valence-electron chi connectivity index (χ1n) is 1.10. The maximum atomic E-state index is 9.24. The molecule has 0 aliphatic rings.